The Balaban J connectivity index is 1.53. The van der Waals surface area contributed by atoms with Gasteiger partial charge in [0.15, 0.2) is 0 Å². The average Bonchev–Trinajstić information content (AvgIpc) is 3.24. The molecule has 1 aromatic carbocycles. The number of anilines is 1. The molecule has 3 amide bonds. The van der Waals surface area contributed by atoms with Gasteiger partial charge in [-0.25, -0.2) is 4.79 Å². The maximum absolute atomic E-state index is 12.6. The number of hydrogen-bond acceptors (Lipinski definition) is 3. The maximum Gasteiger partial charge on any atom is 0.317 e. The molecule has 2 heterocycles. The quantitative estimate of drug-likeness (QED) is 0.850. The van der Waals surface area contributed by atoms with Gasteiger partial charge in [-0.3, -0.25) is 9.48 Å². The second kappa shape index (κ2) is 8.24. The number of rotatable bonds is 5. The molecule has 2 atom stereocenters. The Kier molecular flexibility index (Phi) is 5.78. The highest BCUT2D eigenvalue weighted by Crippen LogP contribution is 2.22. The van der Waals surface area contributed by atoms with Crippen LogP contribution in [0.3, 0.4) is 0 Å². The lowest BCUT2D eigenvalue weighted by atomic mass is 10.0. The van der Waals surface area contributed by atoms with E-state index in [1.165, 1.54) is 12.5 Å². The van der Waals surface area contributed by atoms with Crippen molar-refractivity contribution in [2.24, 2.45) is 13.0 Å². The van der Waals surface area contributed by atoms with Crippen LogP contribution in [0.25, 0.3) is 0 Å². The summed E-state index contributed by atoms with van der Waals surface area (Å²) in [6.07, 6.45) is 5.89. The van der Waals surface area contributed by atoms with Crippen LogP contribution in [0.2, 0.25) is 0 Å². The lowest BCUT2D eigenvalue weighted by Crippen LogP contribution is -2.39. The fraction of sp³-hybridized carbons (Fsp3) is 0.450. The minimum Gasteiger partial charge on any atom is -0.331 e. The Labute approximate surface area is 159 Å². The third-order valence-electron chi connectivity index (χ3n) is 4.90. The molecule has 0 bridgehead atoms. The van der Waals surface area contributed by atoms with Crippen molar-refractivity contribution in [3.63, 3.8) is 0 Å². The average molecular weight is 369 g/mol. The van der Waals surface area contributed by atoms with E-state index >= 15 is 0 Å². The number of urea groups is 1. The minimum absolute atomic E-state index is 0.0406. The molecule has 1 aliphatic rings. The van der Waals surface area contributed by atoms with Crippen LogP contribution in [-0.2, 0) is 18.3 Å². The molecule has 2 N–H and O–H groups in total. The zero-order valence-corrected chi connectivity index (χ0v) is 16.1. The maximum atomic E-state index is 12.6. The molecule has 2 aromatic rings. The molecule has 3 rings (SSSR count). The van der Waals surface area contributed by atoms with E-state index in [-0.39, 0.29) is 18.0 Å². The van der Waals surface area contributed by atoms with Crippen LogP contribution in [-0.4, -0.2) is 39.7 Å². The van der Waals surface area contributed by atoms with Gasteiger partial charge >= 0.3 is 6.03 Å². The normalized spacial score (nSPS) is 17.6. The van der Waals surface area contributed by atoms with Crippen LogP contribution in [0.4, 0.5) is 10.5 Å². The number of aryl methyl sites for hydroxylation is 1. The van der Waals surface area contributed by atoms with Crippen LogP contribution >= 0.6 is 0 Å². The van der Waals surface area contributed by atoms with Gasteiger partial charge in [0, 0.05) is 38.9 Å². The van der Waals surface area contributed by atoms with E-state index in [2.05, 4.69) is 15.7 Å². The molecule has 0 saturated carbocycles. The van der Waals surface area contributed by atoms with Gasteiger partial charge in [0.1, 0.15) is 0 Å². The van der Waals surface area contributed by atoms with Crippen molar-refractivity contribution in [1.29, 1.82) is 0 Å². The second-order valence-electron chi connectivity index (χ2n) is 7.30. The first-order valence-corrected chi connectivity index (χ1v) is 9.31. The van der Waals surface area contributed by atoms with E-state index in [1.807, 2.05) is 60.2 Å². The summed E-state index contributed by atoms with van der Waals surface area (Å²) in [5.41, 5.74) is 2.91. The predicted molar refractivity (Wildman–Crippen MR) is 104 cm³/mol. The van der Waals surface area contributed by atoms with E-state index in [0.717, 1.165) is 37.2 Å². The molecule has 2 unspecified atom stereocenters. The highest BCUT2D eigenvalue weighted by Gasteiger charge is 2.27. The lowest BCUT2D eigenvalue weighted by Gasteiger charge is -2.21. The van der Waals surface area contributed by atoms with Gasteiger partial charge in [0.2, 0.25) is 5.91 Å². The third kappa shape index (κ3) is 5.09. The van der Waals surface area contributed by atoms with Crippen LogP contribution in [0.5, 0.6) is 0 Å². The standard InChI is InChI=1S/C20H27N5O2/c1-14(18-5-4-6-19(10-18)23-15(2)26)22-20(27)25-8-7-16(13-25)9-17-11-21-24(3)12-17/h4-6,10-12,14,16H,7-9,13H2,1-3H3,(H,22,27)(H,23,26). The zero-order chi connectivity index (χ0) is 19.4. The summed E-state index contributed by atoms with van der Waals surface area (Å²) >= 11 is 0. The van der Waals surface area contributed by atoms with Crippen molar-refractivity contribution >= 4 is 17.6 Å². The molecule has 1 aromatic heterocycles. The van der Waals surface area contributed by atoms with Gasteiger partial charge in [-0.1, -0.05) is 12.1 Å². The zero-order valence-electron chi connectivity index (χ0n) is 16.1. The predicted octanol–water partition coefficient (Wildman–Crippen LogP) is 2.71. The molecular formula is C20H27N5O2. The van der Waals surface area contributed by atoms with Gasteiger partial charge in [0.25, 0.3) is 0 Å². The number of aromatic nitrogens is 2. The summed E-state index contributed by atoms with van der Waals surface area (Å²) in [5, 5.41) is 10.0. The molecule has 0 spiro atoms. The van der Waals surface area contributed by atoms with Crippen molar-refractivity contribution in [2.45, 2.75) is 32.7 Å². The van der Waals surface area contributed by atoms with Crippen molar-refractivity contribution in [3.8, 4) is 0 Å². The Bertz CT molecular complexity index is 816. The number of likely N-dealkylation sites (tertiary alicyclic amines) is 1. The molecule has 1 fully saturated rings. The van der Waals surface area contributed by atoms with Crippen molar-refractivity contribution in [1.82, 2.24) is 20.0 Å². The Morgan fingerprint density at radius 3 is 2.89 bits per heavy atom. The molecule has 7 nitrogen and oxygen atoms in total. The van der Waals surface area contributed by atoms with Crippen LogP contribution in [0.15, 0.2) is 36.7 Å². The first-order chi connectivity index (χ1) is 12.9. The van der Waals surface area contributed by atoms with Gasteiger partial charge < -0.3 is 15.5 Å². The van der Waals surface area contributed by atoms with Crippen molar-refractivity contribution < 1.29 is 9.59 Å². The molecular weight excluding hydrogens is 342 g/mol. The molecule has 0 radical (unpaired) electrons. The molecule has 1 aliphatic heterocycles. The van der Waals surface area contributed by atoms with E-state index in [4.69, 9.17) is 0 Å². The monoisotopic (exact) mass is 369 g/mol. The van der Waals surface area contributed by atoms with Gasteiger partial charge in [0.05, 0.1) is 12.2 Å². The van der Waals surface area contributed by atoms with Crippen molar-refractivity contribution in [3.05, 3.63) is 47.8 Å². The van der Waals surface area contributed by atoms with E-state index in [1.54, 1.807) is 0 Å². The van der Waals surface area contributed by atoms with Crippen LogP contribution in [0.1, 0.15) is 37.4 Å². The van der Waals surface area contributed by atoms with Gasteiger partial charge in [-0.15, -0.1) is 0 Å². The third-order valence-corrected chi connectivity index (χ3v) is 4.90. The molecule has 1 saturated heterocycles. The Morgan fingerprint density at radius 1 is 1.37 bits per heavy atom. The Morgan fingerprint density at radius 2 is 2.19 bits per heavy atom. The summed E-state index contributed by atoms with van der Waals surface area (Å²) < 4.78 is 1.81. The van der Waals surface area contributed by atoms with Gasteiger partial charge in [-0.2, -0.15) is 5.10 Å². The lowest BCUT2D eigenvalue weighted by molar-refractivity contribution is -0.114. The summed E-state index contributed by atoms with van der Waals surface area (Å²) in [7, 11) is 1.92. The fourth-order valence-electron chi connectivity index (χ4n) is 3.54. The first-order valence-electron chi connectivity index (χ1n) is 9.31. The number of carbonyl (C=O) groups is 2. The summed E-state index contributed by atoms with van der Waals surface area (Å²) in [5.74, 6) is 0.360. The summed E-state index contributed by atoms with van der Waals surface area (Å²) in [6, 6.07) is 7.38. The van der Waals surface area contributed by atoms with Crippen LogP contribution < -0.4 is 10.6 Å². The highest BCUT2D eigenvalue weighted by atomic mass is 16.2. The Hall–Kier alpha value is -2.83. The van der Waals surface area contributed by atoms with Crippen LogP contribution in [0, 0.1) is 5.92 Å². The molecule has 144 valence electrons. The number of nitrogens with one attached hydrogen (secondary N) is 2. The SMILES string of the molecule is CC(=O)Nc1cccc(C(C)NC(=O)N2CCC(Cc3cnn(C)c3)C2)c1. The van der Waals surface area contributed by atoms with Gasteiger partial charge in [-0.05, 0) is 48.9 Å². The number of hydrogen-bond donors (Lipinski definition) is 2. The molecule has 7 heteroatoms. The number of amides is 3. The number of benzene rings is 1. The fourth-order valence-corrected chi connectivity index (χ4v) is 3.54. The van der Waals surface area contributed by atoms with E-state index < -0.39 is 0 Å². The topological polar surface area (TPSA) is 79.3 Å². The summed E-state index contributed by atoms with van der Waals surface area (Å²) in [6.45, 7) is 4.97. The first kappa shape index (κ1) is 18.9. The summed E-state index contributed by atoms with van der Waals surface area (Å²) in [4.78, 5) is 25.7. The largest absolute Gasteiger partial charge is 0.331 e. The van der Waals surface area contributed by atoms with Crippen molar-refractivity contribution in [2.75, 3.05) is 18.4 Å². The van der Waals surface area contributed by atoms with E-state index in [9.17, 15) is 9.59 Å². The number of carbonyl (C=O) groups excluding carboxylic acids is 2. The second-order valence-corrected chi connectivity index (χ2v) is 7.30. The molecule has 0 aliphatic carbocycles. The molecule has 27 heavy (non-hydrogen) atoms. The minimum atomic E-state index is -0.136. The highest BCUT2D eigenvalue weighted by molar-refractivity contribution is 5.88. The van der Waals surface area contributed by atoms with E-state index in [0.29, 0.717) is 5.92 Å². The number of nitrogens with zero attached hydrogens (tertiary/aromatic N) is 3. The smallest absolute Gasteiger partial charge is 0.317 e.